The summed E-state index contributed by atoms with van der Waals surface area (Å²) >= 11 is 0. The van der Waals surface area contributed by atoms with Crippen LogP contribution in [0.5, 0.6) is 0 Å². The van der Waals surface area contributed by atoms with Gasteiger partial charge in [0, 0.05) is 6.54 Å². The standard InChI is InChI=1S/C11H17NO2/c1-12-6-5-8-3-4-10(13)11(14-2)9(8)7-12/h4,8,13H,3,5-7H2,1-2H3. The Hall–Kier alpha value is -0.960. The SMILES string of the molecule is COC1=C2CN(C)CCC2CC=C1O. The van der Waals surface area contributed by atoms with Gasteiger partial charge in [-0.1, -0.05) is 0 Å². The van der Waals surface area contributed by atoms with E-state index < -0.39 is 0 Å². The van der Waals surface area contributed by atoms with E-state index in [0.29, 0.717) is 17.4 Å². The summed E-state index contributed by atoms with van der Waals surface area (Å²) in [5.41, 5.74) is 1.27. The number of allylic oxidation sites excluding steroid dienone is 1. The average molecular weight is 195 g/mol. The number of ether oxygens (including phenoxy) is 1. The fourth-order valence-corrected chi connectivity index (χ4v) is 2.31. The molecule has 0 aromatic heterocycles. The number of likely N-dealkylation sites (N-methyl/N-ethyl adjacent to an activating group) is 1. The summed E-state index contributed by atoms with van der Waals surface area (Å²) in [5, 5.41) is 9.65. The van der Waals surface area contributed by atoms with Gasteiger partial charge >= 0.3 is 0 Å². The molecule has 1 aliphatic carbocycles. The number of aliphatic hydroxyl groups is 1. The van der Waals surface area contributed by atoms with E-state index in [1.807, 2.05) is 6.08 Å². The molecule has 0 aromatic rings. The van der Waals surface area contributed by atoms with E-state index in [1.165, 1.54) is 12.0 Å². The monoisotopic (exact) mass is 195 g/mol. The molecule has 1 saturated heterocycles. The first-order chi connectivity index (χ1) is 6.72. The Balaban J connectivity index is 2.30. The van der Waals surface area contributed by atoms with Crippen molar-refractivity contribution in [1.82, 2.24) is 4.90 Å². The average Bonchev–Trinajstić information content (AvgIpc) is 2.17. The van der Waals surface area contributed by atoms with E-state index in [0.717, 1.165) is 19.5 Å². The van der Waals surface area contributed by atoms with Crippen LogP contribution < -0.4 is 0 Å². The molecule has 0 bridgehead atoms. The van der Waals surface area contributed by atoms with Gasteiger partial charge in [0.25, 0.3) is 0 Å². The molecule has 0 saturated carbocycles. The van der Waals surface area contributed by atoms with Crippen molar-refractivity contribution < 1.29 is 9.84 Å². The molecule has 1 heterocycles. The van der Waals surface area contributed by atoms with Gasteiger partial charge in [-0.05, 0) is 44.0 Å². The maximum atomic E-state index is 9.65. The van der Waals surface area contributed by atoms with Crippen molar-refractivity contribution >= 4 is 0 Å². The molecule has 3 nitrogen and oxygen atoms in total. The number of nitrogens with zero attached hydrogens (tertiary/aromatic N) is 1. The van der Waals surface area contributed by atoms with E-state index in [2.05, 4.69) is 11.9 Å². The minimum atomic E-state index is 0.314. The third kappa shape index (κ3) is 1.52. The van der Waals surface area contributed by atoms with Crippen molar-refractivity contribution in [3.8, 4) is 0 Å². The second-order valence-electron chi connectivity index (χ2n) is 4.11. The van der Waals surface area contributed by atoms with Gasteiger partial charge in [-0.25, -0.2) is 0 Å². The van der Waals surface area contributed by atoms with Crippen LogP contribution in [0.15, 0.2) is 23.2 Å². The minimum absolute atomic E-state index is 0.314. The molecule has 14 heavy (non-hydrogen) atoms. The van der Waals surface area contributed by atoms with Gasteiger partial charge in [-0.15, -0.1) is 0 Å². The van der Waals surface area contributed by atoms with Crippen LogP contribution in [-0.4, -0.2) is 37.3 Å². The second-order valence-corrected chi connectivity index (χ2v) is 4.11. The largest absolute Gasteiger partial charge is 0.504 e. The Bertz CT molecular complexity index is 294. The first kappa shape index (κ1) is 9.59. The Morgan fingerprint density at radius 3 is 3.07 bits per heavy atom. The van der Waals surface area contributed by atoms with Crippen LogP contribution in [-0.2, 0) is 4.74 Å². The Morgan fingerprint density at radius 2 is 2.36 bits per heavy atom. The molecule has 1 atom stereocenters. The summed E-state index contributed by atoms with van der Waals surface area (Å²) in [4.78, 5) is 2.27. The molecule has 78 valence electrons. The lowest BCUT2D eigenvalue weighted by Gasteiger charge is -2.34. The van der Waals surface area contributed by atoms with E-state index >= 15 is 0 Å². The van der Waals surface area contributed by atoms with Crippen molar-refractivity contribution in [2.75, 3.05) is 27.2 Å². The molecule has 0 aromatic carbocycles. The first-order valence-corrected chi connectivity index (χ1v) is 5.07. The lowest BCUT2D eigenvalue weighted by Crippen LogP contribution is -2.34. The minimum Gasteiger partial charge on any atom is -0.504 e. The van der Waals surface area contributed by atoms with E-state index in [4.69, 9.17) is 4.74 Å². The van der Waals surface area contributed by atoms with Crippen molar-refractivity contribution in [2.45, 2.75) is 12.8 Å². The maximum absolute atomic E-state index is 9.65. The number of piperidine rings is 1. The van der Waals surface area contributed by atoms with E-state index in [9.17, 15) is 5.11 Å². The lowest BCUT2D eigenvalue weighted by molar-refractivity contribution is 0.210. The Morgan fingerprint density at radius 1 is 1.57 bits per heavy atom. The van der Waals surface area contributed by atoms with Crippen LogP contribution in [0.4, 0.5) is 0 Å². The number of methoxy groups -OCH3 is 1. The van der Waals surface area contributed by atoms with E-state index in [-0.39, 0.29) is 0 Å². The predicted molar refractivity (Wildman–Crippen MR) is 55.0 cm³/mol. The fraction of sp³-hybridized carbons (Fsp3) is 0.636. The van der Waals surface area contributed by atoms with Gasteiger partial charge in [0.15, 0.2) is 11.5 Å². The number of likely N-dealkylation sites (tertiary alicyclic amines) is 1. The summed E-state index contributed by atoms with van der Waals surface area (Å²) < 4.78 is 5.26. The highest BCUT2D eigenvalue weighted by Gasteiger charge is 2.29. The number of hydrogen-bond acceptors (Lipinski definition) is 3. The molecule has 2 rings (SSSR count). The second kappa shape index (κ2) is 3.65. The summed E-state index contributed by atoms with van der Waals surface area (Å²) in [6.45, 7) is 2.06. The summed E-state index contributed by atoms with van der Waals surface area (Å²) in [6, 6.07) is 0. The molecular weight excluding hydrogens is 178 g/mol. The summed E-state index contributed by atoms with van der Waals surface area (Å²) in [7, 11) is 3.73. The molecule has 0 spiro atoms. The van der Waals surface area contributed by atoms with Gasteiger partial charge < -0.3 is 14.7 Å². The molecule has 0 amide bonds. The molecule has 1 aliphatic heterocycles. The van der Waals surface area contributed by atoms with Crippen molar-refractivity contribution in [1.29, 1.82) is 0 Å². The Kier molecular flexibility index (Phi) is 2.50. The van der Waals surface area contributed by atoms with Gasteiger partial charge in [-0.2, -0.15) is 0 Å². The predicted octanol–water partition coefficient (Wildman–Crippen LogP) is 1.68. The summed E-state index contributed by atoms with van der Waals surface area (Å²) in [6.07, 6.45) is 4.00. The van der Waals surface area contributed by atoms with Crippen molar-refractivity contribution in [2.24, 2.45) is 5.92 Å². The highest BCUT2D eigenvalue weighted by Crippen LogP contribution is 2.34. The van der Waals surface area contributed by atoms with Crippen LogP contribution >= 0.6 is 0 Å². The molecular formula is C11H17NO2. The molecule has 3 heteroatoms. The zero-order valence-corrected chi connectivity index (χ0v) is 8.79. The summed E-state index contributed by atoms with van der Waals surface area (Å²) in [5.74, 6) is 1.60. The molecule has 1 N–H and O–H groups in total. The fourth-order valence-electron chi connectivity index (χ4n) is 2.31. The highest BCUT2D eigenvalue weighted by molar-refractivity contribution is 5.33. The number of rotatable bonds is 1. The van der Waals surface area contributed by atoms with Gasteiger partial charge in [0.1, 0.15) is 0 Å². The quantitative estimate of drug-likeness (QED) is 0.691. The Labute approximate surface area is 84.7 Å². The van der Waals surface area contributed by atoms with Crippen LogP contribution in [0.2, 0.25) is 0 Å². The van der Waals surface area contributed by atoms with Gasteiger partial charge in [0.05, 0.1) is 7.11 Å². The van der Waals surface area contributed by atoms with E-state index in [1.54, 1.807) is 7.11 Å². The topological polar surface area (TPSA) is 32.7 Å². The number of fused-ring (bicyclic) bond motifs is 1. The van der Waals surface area contributed by atoms with Crippen molar-refractivity contribution in [3.63, 3.8) is 0 Å². The van der Waals surface area contributed by atoms with Crippen LogP contribution in [0.1, 0.15) is 12.8 Å². The van der Waals surface area contributed by atoms with Crippen LogP contribution in [0, 0.1) is 5.92 Å². The molecule has 0 radical (unpaired) electrons. The molecule has 1 unspecified atom stereocenters. The third-order valence-corrected chi connectivity index (χ3v) is 3.12. The number of aliphatic hydroxyl groups excluding tert-OH is 1. The third-order valence-electron chi connectivity index (χ3n) is 3.12. The zero-order chi connectivity index (χ0) is 10.1. The molecule has 1 fully saturated rings. The normalized spacial score (nSPS) is 28.4. The smallest absolute Gasteiger partial charge is 0.160 e. The van der Waals surface area contributed by atoms with Crippen LogP contribution in [0.25, 0.3) is 0 Å². The lowest BCUT2D eigenvalue weighted by atomic mass is 9.84. The van der Waals surface area contributed by atoms with Gasteiger partial charge in [0.2, 0.25) is 0 Å². The zero-order valence-electron chi connectivity index (χ0n) is 8.79. The first-order valence-electron chi connectivity index (χ1n) is 5.07. The highest BCUT2D eigenvalue weighted by atomic mass is 16.5. The number of hydrogen-bond donors (Lipinski definition) is 1. The molecule has 2 aliphatic rings. The maximum Gasteiger partial charge on any atom is 0.160 e. The van der Waals surface area contributed by atoms with Gasteiger partial charge in [-0.3, -0.25) is 0 Å². The van der Waals surface area contributed by atoms with Crippen molar-refractivity contribution in [3.05, 3.63) is 23.2 Å². The van der Waals surface area contributed by atoms with Crippen LogP contribution in [0.3, 0.4) is 0 Å².